The smallest absolute Gasteiger partial charge is 0.119 e. The summed E-state index contributed by atoms with van der Waals surface area (Å²) in [6.07, 6.45) is 5.74. The van der Waals surface area contributed by atoms with Crippen LogP contribution in [0.5, 0.6) is 5.75 Å². The highest BCUT2D eigenvalue weighted by molar-refractivity contribution is 5.45. The van der Waals surface area contributed by atoms with Gasteiger partial charge < -0.3 is 9.64 Å². The maximum Gasteiger partial charge on any atom is 0.119 e. The lowest BCUT2D eigenvalue weighted by molar-refractivity contribution is 0.00271. The molecule has 0 N–H and O–H groups in total. The van der Waals surface area contributed by atoms with E-state index in [2.05, 4.69) is 0 Å². The van der Waals surface area contributed by atoms with E-state index in [0.717, 1.165) is 37.7 Å². The normalized spacial score (nSPS) is 41.3. The van der Waals surface area contributed by atoms with E-state index in [1.54, 1.807) is 11.0 Å². The van der Waals surface area contributed by atoms with Gasteiger partial charge in [-0.1, -0.05) is 18.9 Å². The van der Waals surface area contributed by atoms with Crippen molar-refractivity contribution in [1.82, 2.24) is 4.90 Å². The molecule has 0 radical (unpaired) electrons. The average molecular weight is 292 g/mol. The van der Waals surface area contributed by atoms with E-state index >= 15 is 0 Å². The molecule has 1 aliphatic heterocycles. The van der Waals surface area contributed by atoms with Gasteiger partial charge in [0.15, 0.2) is 0 Å². The molecule has 2 bridgehead atoms. The van der Waals surface area contributed by atoms with Crippen molar-refractivity contribution in [2.75, 3.05) is 20.1 Å². The van der Waals surface area contributed by atoms with Crippen LogP contribution in [0.1, 0.15) is 59.7 Å². The van der Waals surface area contributed by atoms with Gasteiger partial charge in [-0.05, 0) is 75.3 Å². The van der Waals surface area contributed by atoms with Gasteiger partial charge in [-0.25, -0.2) is 0 Å². The summed E-state index contributed by atoms with van der Waals surface area (Å²) in [4.78, 5) is 1.72. The summed E-state index contributed by atoms with van der Waals surface area (Å²) in [7, 11) is 0. The molecule has 4 rings (SSSR count). The molecule has 0 spiro atoms. The second-order valence-corrected chi connectivity index (χ2v) is 6.76. The van der Waals surface area contributed by atoms with Crippen LogP contribution in [0.2, 0.25) is 0 Å². The van der Waals surface area contributed by atoms with Crippen molar-refractivity contribution in [1.29, 1.82) is 0 Å². The van der Waals surface area contributed by atoms with Crippen molar-refractivity contribution in [3.63, 3.8) is 0 Å². The molecular weight excluding hydrogens is 258 g/mol. The zero-order valence-electron chi connectivity index (χ0n) is 19.3. The highest BCUT2D eigenvalue weighted by Gasteiger charge is 2.53. The fraction of sp³-hybridized carbons (Fsp3) is 0.684. The van der Waals surface area contributed by atoms with E-state index in [1.165, 1.54) is 5.56 Å². The van der Waals surface area contributed by atoms with Crippen molar-refractivity contribution < 1.29 is 14.3 Å². The second kappa shape index (κ2) is 5.01. The Bertz CT molecular complexity index is 750. The fourth-order valence-corrected chi connectivity index (χ4v) is 5.12. The molecule has 0 amide bonds. The molecule has 1 saturated carbocycles. The van der Waals surface area contributed by atoms with E-state index in [9.17, 15) is 0 Å². The minimum atomic E-state index is -2.38. The van der Waals surface area contributed by atoms with Crippen LogP contribution >= 0.6 is 0 Å². The van der Waals surface area contributed by atoms with Crippen molar-refractivity contribution in [2.24, 2.45) is 5.92 Å². The Morgan fingerprint density at radius 1 is 1.43 bits per heavy atom. The van der Waals surface area contributed by atoms with Crippen molar-refractivity contribution in [3.8, 4) is 5.75 Å². The number of likely N-dealkylation sites (N-methyl/N-ethyl adjacent to an activating group) is 1. The standard InChI is InChI=1S/C19H27NO/c1-3-21-15-8-7-14-12-18-16-6-4-5-9-19(16,17(14)13-15)10-11-20(18)2/h7-8,13,16,18H,3-6,9-12H2,1-2H3/t16-,18+,19+/m1/s1/i1D2,2D3,3D2. The first-order chi connectivity index (χ1) is 13.0. The number of likely N-dealkylation sites (tertiary alicyclic amines) is 1. The molecule has 2 aliphatic carbocycles. The summed E-state index contributed by atoms with van der Waals surface area (Å²) in [5, 5.41) is 0. The molecule has 2 heteroatoms. The van der Waals surface area contributed by atoms with Gasteiger partial charge >= 0.3 is 0 Å². The highest BCUT2D eigenvalue weighted by atomic mass is 16.5. The van der Waals surface area contributed by atoms with Crippen LogP contribution < -0.4 is 4.74 Å². The van der Waals surface area contributed by atoms with Gasteiger partial charge in [0, 0.05) is 18.3 Å². The molecule has 2 fully saturated rings. The van der Waals surface area contributed by atoms with Crippen LogP contribution in [0.3, 0.4) is 0 Å². The first kappa shape index (κ1) is 8.01. The SMILES string of the molecule is [2H]C([2H])C([2H])([2H])Oc1ccc2c(c1)[C@]13CCCC[C@@H]1[C@H](C2)N(C([2H])([2H])[2H])CC3. The van der Waals surface area contributed by atoms with Gasteiger partial charge in [-0.2, -0.15) is 0 Å². The molecule has 0 aromatic heterocycles. The minimum Gasteiger partial charge on any atom is -0.494 e. The second-order valence-electron chi connectivity index (χ2n) is 6.76. The molecule has 3 atom stereocenters. The molecule has 0 unspecified atom stereocenters. The predicted molar refractivity (Wildman–Crippen MR) is 86.0 cm³/mol. The van der Waals surface area contributed by atoms with Gasteiger partial charge in [-0.3, -0.25) is 0 Å². The zero-order chi connectivity index (χ0) is 20.3. The summed E-state index contributed by atoms with van der Waals surface area (Å²) in [6.45, 7) is -5.65. The number of piperidine rings is 1. The fourth-order valence-electron chi connectivity index (χ4n) is 5.12. The molecule has 1 saturated heterocycles. The Hall–Kier alpha value is -1.02. The number of fused-ring (bicyclic) bond motifs is 1. The first-order valence-corrected chi connectivity index (χ1v) is 7.98. The Morgan fingerprint density at radius 2 is 2.43 bits per heavy atom. The van der Waals surface area contributed by atoms with Crippen LogP contribution in [0.25, 0.3) is 0 Å². The molecule has 114 valence electrons. The third kappa shape index (κ3) is 1.95. The summed E-state index contributed by atoms with van der Waals surface area (Å²) in [5.41, 5.74) is 2.21. The summed E-state index contributed by atoms with van der Waals surface area (Å²) in [5.74, 6) is 0.638. The lowest BCUT2D eigenvalue weighted by Crippen LogP contribution is -2.59. The summed E-state index contributed by atoms with van der Waals surface area (Å²) < 4.78 is 59.6. The van der Waals surface area contributed by atoms with Gasteiger partial charge in [0.2, 0.25) is 0 Å². The van der Waals surface area contributed by atoms with Crippen molar-refractivity contribution in [2.45, 2.75) is 56.9 Å². The largest absolute Gasteiger partial charge is 0.494 e. The van der Waals surface area contributed by atoms with Gasteiger partial charge in [-0.15, -0.1) is 0 Å². The topological polar surface area (TPSA) is 12.5 Å². The summed E-state index contributed by atoms with van der Waals surface area (Å²) in [6, 6.07) is 5.52. The molecule has 2 nitrogen and oxygen atoms in total. The van der Waals surface area contributed by atoms with Crippen LogP contribution in [-0.4, -0.2) is 31.0 Å². The van der Waals surface area contributed by atoms with E-state index in [1.807, 2.05) is 12.1 Å². The van der Waals surface area contributed by atoms with Crippen LogP contribution in [0.4, 0.5) is 0 Å². The third-order valence-corrected chi connectivity index (χ3v) is 5.98. The Labute approximate surface area is 138 Å². The van der Waals surface area contributed by atoms with Gasteiger partial charge in [0.05, 0.1) is 9.30 Å². The van der Waals surface area contributed by atoms with Crippen LogP contribution in [0, 0.1) is 5.92 Å². The maximum absolute atomic E-state index is 7.97. The van der Waals surface area contributed by atoms with Crippen molar-refractivity contribution in [3.05, 3.63) is 29.3 Å². The lowest BCUT2D eigenvalue weighted by atomic mass is 9.52. The molecule has 1 aromatic carbocycles. The number of rotatable bonds is 2. The Kier molecular flexibility index (Phi) is 1.91. The Morgan fingerprint density at radius 3 is 3.33 bits per heavy atom. The lowest BCUT2D eigenvalue weighted by Gasteiger charge is -2.58. The van der Waals surface area contributed by atoms with E-state index in [0.29, 0.717) is 18.7 Å². The van der Waals surface area contributed by atoms with E-state index in [-0.39, 0.29) is 17.4 Å². The highest BCUT2D eigenvalue weighted by Crippen LogP contribution is 2.55. The van der Waals surface area contributed by atoms with Crippen molar-refractivity contribution >= 4 is 0 Å². The number of nitrogens with zero attached hydrogens (tertiary/aromatic N) is 1. The molecule has 3 aliphatic rings. The zero-order valence-corrected chi connectivity index (χ0v) is 12.3. The number of ether oxygens (including phenoxy) is 1. The first-order valence-electron chi connectivity index (χ1n) is 11.6. The minimum absolute atomic E-state index is 0.0122. The maximum atomic E-state index is 7.97. The predicted octanol–water partition coefficient (Wildman–Crippen LogP) is 3.77. The Balaban J connectivity index is 1.74. The molecule has 21 heavy (non-hydrogen) atoms. The van der Waals surface area contributed by atoms with E-state index < -0.39 is 20.4 Å². The van der Waals surface area contributed by atoms with Crippen LogP contribution in [0.15, 0.2) is 18.2 Å². The number of benzene rings is 1. The summed E-state index contributed by atoms with van der Waals surface area (Å²) >= 11 is 0. The monoisotopic (exact) mass is 292 g/mol. The van der Waals surface area contributed by atoms with Crippen LogP contribution in [-0.2, 0) is 11.8 Å². The molecule has 1 heterocycles. The molecular formula is C19H27NO. The van der Waals surface area contributed by atoms with E-state index in [4.69, 9.17) is 14.3 Å². The van der Waals surface area contributed by atoms with Gasteiger partial charge in [0.1, 0.15) is 5.75 Å². The number of hydrogen-bond acceptors (Lipinski definition) is 2. The quantitative estimate of drug-likeness (QED) is 0.822. The third-order valence-electron chi connectivity index (χ3n) is 5.98. The number of hydrogen-bond donors (Lipinski definition) is 0. The van der Waals surface area contributed by atoms with Gasteiger partial charge in [0.25, 0.3) is 0 Å². The molecule has 1 aromatic rings. The average Bonchev–Trinajstić information content (AvgIpc) is 2.61.